The van der Waals surface area contributed by atoms with E-state index in [-0.39, 0.29) is 11.7 Å². The van der Waals surface area contributed by atoms with Gasteiger partial charge in [0.15, 0.2) is 5.65 Å². The predicted octanol–water partition coefficient (Wildman–Crippen LogP) is 2.88. The van der Waals surface area contributed by atoms with Gasteiger partial charge in [-0.3, -0.25) is 9.48 Å². The van der Waals surface area contributed by atoms with Crippen molar-refractivity contribution in [1.29, 1.82) is 0 Å². The van der Waals surface area contributed by atoms with Gasteiger partial charge in [-0.15, -0.1) is 0 Å². The van der Waals surface area contributed by atoms with Crippen molar-refractivity contribution < 1.29 is 13.9 Å². The number of carbonyl (C=O) groups is 1. The average Bonchev–Trinajstić information content (AvgIpc) is 2.89. The van der Waals surface area contributed by atoms with Gasteiger partial charge in [0.25, 0.3) is 5.91 Å². The third kappa shape index (κ3) is 3.51. The first-order valence-corrected chi connectivity index (χ1v) is 8.31. The SMILES string of the molecule is Cc1cc(C(=O)N(C)CCOc2ccc(F)cc2)c2c(C)nn(C)c2n1. The number of likely N-dealkylation sites (N-methyl/N-ethyl adjacent to an activating group) is 1. The molecule has 0 aliphatic heterocycles. The molecule has 1 amide bonds. The fourth-order valence-electron chi connectivity index (χ4n) is 2.88. The Morgan fingerprint density at radius 2 is 1.96 bits per heavy atom. The van der Waals surface area contributed by atoms with Gasteiger partial charge in [0, 0.05) is 19.8 Å². The summed E-state index contributed by atoms with van der Waals surface area (Å²) in [5.41, 5.74) is 2.82. The largest absolute Gasteiger partial charge is 0.492 e. The van der Waals surface area contributed by atoms with Gasteiger partial charge in [-0.25, -0.2) is 9.37 Å². The Hall–Kier alpha value is -2.96. The molecule has 0 fully saturated rings. The molecule has 26 heavy (non-hydrogen) atoms. The van der Waals surface area contributed by atoms with Crippen molar-refractivity contribution in [3.05, 3.63) is 53.1 Å². The normalized spacial score (nSPS) is 11.0. The summed E-state index contributed by atoms with van der Waals surface area (Å²) < 4.78 is 20.2. The predicted molar refractivity (Wildman–Crippen MR) is 96.8 cm³/mol. The van der Waals surface area contributed by atoms with Gasteiger partial charge < -0.3 is 9.64 Å². The molecule has 7 heteroatoms. The van der Waals surface area contributed by atoms with Gasteiger partial charge >= 0.3 is 0 Å². The number of pyridine rings is 1. The van der Waals surface area contributed by atoms with Crippen molar-refractivity contribution in [3.8, 4) is 5.75 Å². The van der Waals surface area contributed by atoms with E-state index in [1.54, 1.807) is 34.8 Å². The molecule has 3 aromatic rings. The fraction of sp³-hybridized carbons (Fsp3) is 0.316. The van der Waals surface area contributed by atoms with Gasteiger partial charge in [-0.2, -0.15) is 5.10 Å². The Morgan fingerprint density at radius 1 is 1.27 bits per heavy atom. The second-order valence-electron chi connectivity index (χ2n) is 6.25. The Balaban J connectivity index is 1.74. The molecule has 0 saturated carbocycles. The molecular formula is C19H21FN4O2. The topological polar surface area (TPSA) is 60.3 Å². The molecule has 0 aliphatic carbocycles. The van der Waals surface area contributed by atoms with Crippen molar-refractivity contribution in [3.63, 3.8) is 0 Å². The van der Waals surface area contributed by atoms with Gasteiger partial charge in [-0.1, -0.05) is 0 Å². The molecule has 6 nitrogen and oxygen atoms in total. The molecule has 0 aliphatic rings. The summed E-state index contributed by atoms with van der Waals surface area (Å²) in [6.07, 6.45) is 0. The molecule has 2 heterocycles. The molecule has 0 spiro atoms. The van der Waals surface area contributed by atoms with Crippen LogP contribution in [0.1, 0.15) is 21.7 Å². The Bertz CT molecular complexity index is 950. The van der Waals surface area contributed by atoms with E-state index in [4.69, 9.17) is 4.74 Å². The maximum absolute atomic E-state index is 12.9. The summed E-state index contributed by atoms with van der Waals surface area (Å²) in [7, 11) is 3.54. The zero-order valence-corrected chi connectivity index (χ0v) is 15.3. The molecule has 0 saturated heterocycles. The molecule has 0 bridgehead atoms. The molecule has 0 atom stereocenters. The average molecular weight is 356 g/mol. The van der Waals surface area contributed by atoms with Crippen molar-refractivity contribution in [2.75, 3.05) is 20.2 Å². The highest BCUT2D eigenvalue weighted by Crippen LogP contribution is 2.22. The lowest BCUT2D eigenvalue weighted by Crippen LogP contribution is -2.31. The molecule has 0 unspecified atom stereocenters. The lowest BCUT2D eigenvalue weighted by atomic mass is 10.1. The van der Waals surface area contributed by atoms with Crippen LogP contribution in [0, 0.1) is 19.7 Å². The quantitative estimate of drug-likeness (QED) is 0.705. The third-order valence-corrected chi connectivity index (χ3v) is 4.18. The van der Waals surface area contributed by atoms with E-state index in [0.717, 1.165) is 16.8 Å². The second kappa shape index (κ2) is 7.11. The van der Waals surface area contributed by atoms with Crippen molar-refractivity contribution >= 4 is 16.9 Å². The van der Waals surface area contributed by atoms with Crippen molar-refractivity contribution in [2.24, 2.45) is 7.05 Å². The number of nitrogens with zero attached hydrogens (tertiary/aromatic N) is 4. The first-order valence-electron chi connectivity index (χ1n) is 8.31. The first-order chi connectivity index (χ1) is 12.4. The Kier molecular flexibility index (Phi) is 4.88. The van der Waals surface area contributed by atoms with Crippen LogP contribution in [0.4, 0.5) is 4.39 Å². The number of halogens is 1. The van der Waals surface area contributed by atoms with E-state index < -0.39 is 0 Å². The van der Waals surface area contributed by atoms with Crippen molar-refractivity contribution in [2.45, 2.75) is 13.8 Å². The lowest BCUT2D eigenvalue weighted by molar-refractivity contribution is 0.0775. The van der Waals surface area contributed by atoms with Gasteiger partial charge in [0.1, 0.15) is 18.2 Å². The van der Waals surface area contributed by atoms with E-state index >= 15 is 0 Å². The smallest absolute Gasteiger partial charge is 0.254 e. The Morgan fingerprint density at radius 3 is 2.65 bits per heavy atom. The standard InChI is InChI=1S/C19H21FN4O2/c1-12-11-16(17-13(2)22-24(4)18(17)21-12)19(25)23(3)9-10-26-15-7-5-14(20)6-8-15/h5-8,11H,9-10H2,1-4H3. The van der Waals surface area contributed by atoms with E-state index in [1.165, 1.54) is 12.1 Å². The third-order valence-electron chi connectivity index (χ3n) is 4.18. The minimum atomic E-state index is -0.312. The van der Waals surface area contributed by atoms with E-state index in [2.05, 4.69) is 10.1 Å². The van der Waals surface area contributed by atoms with Crippen LogP contribution in [0.3, 0.4) is 0 Å². The molecule has 0 radical (unpaired) electrons. The van der Waals surface area contributed by atoms with Gasteiger partial charge in [-0.05, 0) is 44.2 Å². The number of amides is 1. The van der Waals surface area contributed by atoms with E-state index in [1.807, 2.05) is 20.9 Å². The van der Waals surface area contributed by atoms with Crippen LogP contribution in [-0.2, 0) is 7.05 Å². The van der Waals surface area contributed by atoms with Crippen LogP contribution in [0.15, 0.2) is 30.3 Å². The number of ether oxygens (including phenoxy) is 1. The number of carbonyl (C=O) groups excluding carboxylic acids is 1. The maximum Gasteiger partial charge on any atom is 0.254 e. The molecule has 0 N–H and O–H groups in total. The minimum Gasteiger partial charge on any atom is -0.492 e. The zero-order chi connectivity index (χ0) is 18.8. The molecule has 2 aromatic heterocycles. The number of hydrogen-bond donors (Lipinski definition) is 0. The van der Waals surface area contributed by atoms with Crippen LogP contribution in [0.5, 0.6) is 5.75 Å². The van der Waals surface area contributed by atoms with Crippen LogP contribution in [0.2, 0.25) is 0 Å². The fourth-order valence-corrected chi connectivity index (χ4v) is 2.88. The Labute approximate surface area is 151 Å². The molecule has 3 rings (SSSR count). The van der Waals surface area contributed by atoms with E-state index in [0.29, 0.717) is 30.1 Å². The molecule has 136 valence electrons. The number of hydrogen-bond acceptors (Lipinski definition) is 4. The summed E-state index contributed by atoms with van der Waals surface area (Å²) >= 11 is 0. The summed E-state index contributed by atoms with van der Waals surface area (Å²) in [5.74, 6) is 0.144. The maximum atomic E-state index is 12.9. The first kappa shape index (κ1) is 17.8. The summed E-state index contributed by atoms with van der Waals surface area (Å²) in [6, 6.07) is 7.59. The van der Waals surface area contributed by atoms with Gasteiger partial charge in [0.05, 0.1) is 23.2 Å². The number of aromatic nitrogens is 3. The summed E-state index contributed by atoms with van der Waals surface area (Å²) in [6.45, 7) is 4.44. The lowest BCUT2D eigenvalue weighted by Gasteiger charge is -2.18. The summed E-state index contributed by atoms with van der Waals surface area (Å²) in [4.78, 5) is 19.0. The number of rotatable bonds is 5. The molecule has 1 aromatic carbocycles. The van der Waals surface area contributed by atoms with Crippen LogP contribution < -0.4 is 4.74 Å². The zero-order valence-electron chi connectivity index (χ0n) is 15.3. The van der Waals surface area contributed by atoms with Gasteiger partial charge in [0.2, 0.25) is 0 Å². The highest BCUT2D eigenvalue weighted by Gasteiger charge is 2.20. The number of fused-ring (bicyclic) bond motifs is 1. The number of aryl methyl sites for hydroxylation is 3. The van der Waals surface area contributed by atoms with Crippen LogP contribution in [-0.4, -0.2) is 45.8 Å². The minimum absolute atomic E-state index is 0.112. The highest BCUT2D eigenvalue weighted by molar-refractivity contribution is 6.06. The monoisotopic (exact) mass is 356 g/mol. The van der Waals surface area contributed by atoms with Crippen molar-refractivity contribution in [1.82, 2.24) is 19.7 Å². The van der Waals surface area contributed by atoms with Crippen LogP contribution >= 0.6 is 0 Å². The second-order valence-corrected chi connectivity index (χ2v) is 6.25. The number of benzene rings is 1. The molecular weight excluding hydrogens is 335 g/mol. The van der Waals surface area contributed by atoms with Crippen LogP contribution in [0.25, 0.3) is 11.0 Å². The summed E-state index contributed by atoms with van der Waals surface area (Å²) in [5, 5.41) is 5.14. The highest BCUT2D eigenvalue weighted by atomic mass is 19.1. The van der Waals surface area contributed by atoms with E-state index in [9.17, 15) is 9.18 Å².